The third-order valence-corrected chi connectivity index (χ3v) is 4.84. The number of carbonyl (C=O) groups excluding carboxylic acids is 1. The fourth-order valence-electron chi connectivity index (χ4n) is 1.70. The minimum absolute atomic E-state index is 0.0991. The molecule has 100 valence electrons. The predicted octanol–water partition coefficient (Wildman–Crippen LogP) is 4.67. The number of hydrogen-bond acceptors (Lipinski definition) is 3. The van der Waals surface area contributed by atoms with E-state index in [9.17, 15) is 4.79 Å². The number of carbonyl (C=O) groups is 1. The van der Waals surface area contributed by atoms with Crippen LogP contribution in [0.3, 0.4) is 0 Å². The Morgan fingerprint density at radius 3 is 2.58 bits per heavy atom. The van der Waals surface area contributed by atoms with Crippen LogP contribution in [-0.4, -0.2) is 5.91 Å². The number of anilines is 2. The lowest BCUT2D eigenvalue weighted by molar-refractivity contribution is 0.102. The molecule has 0 radical (unpaired) electrons. The zero-order valence-electron chi connectivity index (χ0n) is 10.2. The van der Waals surface area contributed by atoms with Gasteiger partial charge in [0, 0.05) is 14.6 Å². The lowest BCUT2D eigenvalue weighted by Crippen LogP contribution is -2.13. The van der Waals surface area contributed by atoms with Crippen molar-refractivity contribution in [3.63, 3.8) is 0 Å². The van der Waals surface area contributed by atoms with Crippen LogP contribution >= 0.6 is 43.2 Å². The number of nitrogens with two attached hydrogens (primary N) is 1. The number of thiophene rings is 1. The molecule has 0 bridgehead atoms. The highest BCUT2D eigenvalue weighted by atomic mass is 79.9. The van der Waals surface area contributed by atoms with Crippen molar-refractivity contribution in [3.05, 3.63) is 43.0 Å². The topological polar surface area (TPSA) is 55.1 Å². The van der Waals surface area contributed by atoms with Gasteiger partial charge in [-0.15, -0.1) is 11.3 Å². The fourth-order valence-corrected chi connectivity index (χ4v) is 4.01. The Morgan fingerprint density at radius 2 is 2.00 bits per heavy atom. The van der Waals surface area contributed by atoms with Crippen molar-refractivity contribution in [2.75, 3.05) is 11.1 Å². The fraction of sp³-hybridized carbons (Fsp3) is 0.154. The second-order valence-electron chi connectivity index (χ2n) is 3.94. The Hall–Kier alpha value is -0.850. The molecule has 2 rings (SSSR count). The number of halogens is 2. The summed E-state index contributed by atoms with van der Waals surface area (Å²) < 4.78 is 1.50. The molecular weight excluding hydrogens is 392 g/mol. The van der Waals surface area contributed by atoms with Gasteiger partial charge in [-0.2, -0.15) is 0 Å². The van der Waals surface area contributed by atoms with Crippen molar-refractivity contribution < 1.29 is 4.79 Å². The van der Waals surface area contributed by atoms with Gasteiger partial charge in [0.2, 0.25) is 0 Å². The van der Waals surface area contributed by atoms with Crippen molar-refractivity contribution in [1.82, 2.24) is 0 Å². The van der Waals surface area contributed by atoms with Crippen LogP contribution in [0.1, 0.15) is 22.2 Å². The second kappa shape index (κ2) is 6.07. The molecule has 2 aromatic rings. The Bertz CT molecular complexity index is 602. The first kappa shape index (κ1) is 14.6. The molecule has 0 unspecified atom stereocenters. The van der Waals surface area contributed by atoms with E-state index in [1.807, 2.05) is 18.4 Å². The Balaban J connectivity index is 2.29. The molecule has 0 saturated heterocycles. The Kier molecular flexibility index (Phi) is 4.65. The highest BCUT2D eigenvalue weighted by Gasteiger charge is 2.15. The number of hydrogen-bond donors (Lipinski definition) is 2. The largest absolute Gasteiger partial charge is 0.399 e. The summed E-state index contributed by atoms with van der Waals surface area (Å²) in [6.45, 7) is 2.04. The van der Waals surface area contributed by atoms with E-state index < -0.39 is 0 Å². The maximum absolute atomic E-state index is 12.3. The summed E-state index contributed by atoms with van der Waals surface area (Å²) in [7, 11) is 0. The lowest BCUT2D eigenvalue weighted by Gasteiger charge is -2.10. The second-order valence-corrected chi connectivity index (χ2v) is 6.57. The van der Waals surface area contributed by atoms with Gasteiger partial charge in [-0.25, -0.2) is 0 Å². The molecule has 3 nitrogen and oxygen atoms in total. The molecular formula is C13H12Br2N2OS. The van der Waals surface area contributed by atoms with E-state index >= 15 is 0 Å². The van der Waals surface area contributed by atoms with Crippen LogP contribution in [0.4, 0.5) is 11.4 Å². The van der Waals surface area contributed by atoms with E-state index in [0.29, 0.717) is 11.4 Å². The highest BCUT2D eigenvalue weighted by molar-refractivity contribution is 9.11. The molecule has 19 heavy (non-hydrogen) atoms. The number of aryl methyl sites for hydroxylation is 1. The monoisotopic (exact) mass is 402 g/mol. The molecule has 0 aliphatic carbocycles. The first-order chi connectivity index (χ1) is 9.02. The Morgan fingerprint density at radius 1 is 1.37 bits per heavy atom. The number of rotatable bonds is 3. The molecule has 0 aliphatic heterocycles. The van der Waals surface area contributed by atoms with Crippen LogP contribution in [0.2, 0.25) is 0 Å². The lowest BCUT2D eigenvalue weighted by atomic mass is 10.2. The number of amides is 1. The summed E-state index contributed by atoms with van der Waals surface area (Å²) in [4.78, 5) is 13.0. The number of nitrogen functional groups attached to an aromatic ring is 1. The van der Waals surface area contributed by atoms with Crippen molar-refractivity contribution in [1.29, 1.82) is 0 Å². The molecule has 1 heterocycles. The molecule has 0 aliphatic rings. The van der Waals surface area contributed by atoms with Crippen molar-refractivity contribution >= 4 is 60.5 Å². The van der Waals surface area contributed by atoms with Crippen LogP contribution in [0.25, 0.3) is 0 Å². The predicted molar refractivity (Wildman–Crippen MR) is 87.9 cm³/mol. The van der Waals surface area contributed by atoms with Crippen molar-refractivity contribution in [2.24, 2.45) is 0 Å². The normalized spacial score (nSPS) is 10.5. The maximum Gasteiger partial charge on any atom is 0.266 e. The van der Waals surface area contributed by atoms with Gasteiger partial charge >= 0.3 is 0 Å². The van der Waals surface area contributed by atoms with Crippen molar-refractivity contribution in [3.8, 4) is 0 Å². The molecule has 0 fully saturated rings. The molecule has 3 N–H and O–H groups in total. The van der Waals surface area contributed by atoms with E-state index in [-0.39, 0.29) is 5.91 Å². The molecule has 0 saturated carbocycles. The van der Waals surface area contributed by atoms with E-state index in [1.54, 1.807) is 12.1 Å². The van der Waals surface area contributed by atoms with Gasteiger partial charge in [-0.05, 0) is 67.4 Å². The van der Waals surface area contributed by atoms with Crippen LogP contribution in [0, 0.1) is 0 Å². The first-order valence-corrected chi connectivity index (χ1v) is 8.11. The molecule has 1 aromatic heterocycles. The van der Waals surface area contributed by atoms with Gasteiger partial charge < -0.3 is 11.1 Å². The molecule has 1 aromatic carbocycles. The summed E-state index contributed by atoms with van der Waals surface area (Å²) in [6, 6.07) is 5.50. The van der Waals surface area contributed by atoms with Gasteiger partial charge in [-0.1, -0.05) is 6.92 Å². The van der Waals surface area contributed by atoms with Gasteiger partial charge in [0.25, 0.3) is 5.91 Å². The average molecular weight is 404 g/mol. The summed E-state index contributed by atoms with van der Waals surface area (Å²) in [6.07, 6.45) is 0.844. The third kappa shape index (κ3) is 3.19. The minimum atomic E-state index is -0.0991. The molecule has 0 spiro atoms. The van der Waals surface area contributed by atoms with E-state index in [0.717, 1.165) is 25.8 Å². The zero-order valence-corrected chi connectivity index (χ0v) is 14.2. The van der Waals surface area contributed by atoms with E-state index in [1.165, 1.54) is 11.3 Å². The molecule has 6 heteroatoms. The maximum atomic E-state index is 12.3. The van der Waals surface area contributed by atoms with Gasteiger partial charge in [0.1, 0.15) is 0 Å². The molecule has 0 atom stereocenters. The summed E-state index contributed by atoms with van der Waals surface area (Å²) >= 11 is 8.26. The number of benzene rings is 1. The van der Waals surface area contributed by atoms with Crippen LogP contribution in [-0.2, 0) is 6.42 Å². The van der Waals surface area contributed by atoms with Crippen LogP contribution < -0.4 is 11.1 Å². The SMILES string of the molecule is CCc1ccsc1C(=O)Nc1c(Br)cc(N)cc1Br. The summed E-state index contributed by atoms with van der Waals surface area (Å²) in [5.74, 6) is -0.0991. The van der Waals surface area contributed by atoms with E-state index in [4.69, 9.17) is 5.73 Å². The quantitative estimate of drug-likeness (QED) is 0.731. The van der Waals surface area contributed by atoms with E-state index in [2.05, 4.69) is 37.2 Å². The van der Waals surface area contributed by atoms with Gasteiger partial charge in [-0.3, -0.25) is 4.79 Å². The first-order valence-electron chi connectivity index (χ1n) is 5.65. The third-order valence-electron chi connectivity index (χ3n) is 2.64. The smallest absolute Gasteiger partial charge is 0.266 e. The number of nitrogens with one attached hydrogen (secondary N) is 1. The van der Waals surface area contributed by atoms with Crippen LogP contribution in [0.15, 0.2) is 32.5 Å². The van der Waals surface area contributed by atoms with Gasteiger partial charge in [0.05, 0.1) is 10.6 Å². The van der Waals surface area contributed by atoms with Crippen molar-refractivity contribution in [2.45, 2.75) is 13.3 Å². The zero-order chi connectivity index (χ0) is 14.0. The Labute approximate surface area is 132 Å². The van der Waals surface area contributed by atoms with Gasteiger partial charge in [0.15, 0.2) is 0 Å². The average Bonchev–Trinajstić information content (AvgIpc) is 2.81. The van der Waals surface area contributed by atoms with Crippen LogP contribution in [0.5, 0.6) is 0 Å². The highest BCUT2D eigenvalue weighted by Crippen LogP contribution is 2.34. The minimum Gasteiger partial charge on any atom is -0.399 e. The summed E-state index contributed by atoms with van der Waals surface area (Å²) in [5, 5.41) is 4.84. The summed E-state index contributed by atoms with van der Waals surface area (Å²) in [5.41, 5.74) is 8.11. The molecule has 1 amide bonds. The standard InChI is InChI=1S/C13H12Br2N2OS/c1-2-7-3-4-19-12(7)13(18)17-11-9(14)5-8(16)6-10(11)15/h3-6H,2,16H2,1H3,(H,17,18).